The predicted molar refractivity (Wildman–Crippen MR) is 141 cm³/mol. The molecule has 2 aliphatic rings. The molecule has 1 aliphatic carbocycles. The van der Waals surface area contributed by atoms with Gasteiger partial charge in [-0.2, -0.15) is 26.3 Å². The summed E-state index contributed by atoms with van der Waals surface area (Å²) in [5.74, 6) is -2.13. The van der Waals surface area contributed by atoms with E-state index in [-0.39, 0.29) is 37.4 Å². The Kier molecular flexibility index (Phi) is 7.31. The number of amides is 1. The van der Waals surface area contributed by atoms with Gasteiger partial charge in [0, 0.05) is 26.7 Å². The standard InChI is InChI=1S/C26H25Cl2F6N5O/c1-38-21-11-20(39-8-2-3-15(13-39)25(29,30)31)17(28)10-19(21)37-23(38)36-18-9-14(4-5-16(18)27)12-35-22(40)24(6-7-24)26(32,33)34/h4-5,9-11,15H,2-3,6-8,12-13H2,1H3,(H,35,40)(H,36,37). The summed E-state index contributed by atoms with van der Waals surface area (Å²) in [6, 6.07) is 8.04. The Labute approximate surface area is 235 Å². The van der Waals surface area contributed by atoms with Gasteiger partial charge in [-0.05, 0) is 55.5 Å². The van der Waals surface area contributed by atoms with Gasteiger partial charge in [0.1, 0.15) is 5.41 Å². The number of anilines is 3. The molecule has 5 rings (SSSR count). The van der Waals surface area contributed by atoms with Crippen molar-refractivity contribution in [2.24, 2.45) is 18.4 Å². The van der Waals surface area contributed by atoms with Crippen LogP contribution < -0.4 is 15.5 Å². The van der Waals surface area contributed by atoms with Crippen LogP contribution in [0.5, 0.6) is 0 Å². The largest absolute Gasteiger partial charge is 0.403 e. The van der Waals surface area contributed by atoms with Gasteiger partial charge in [0.2, 0.25) is 11.9 Å². The van der Waals surface area contributed by atoms with E-state index in [9.17, 15) is 31.1 Å². The van der Waals surface area contributed by atoms with Crippen LogP contribution in [0.2, 0.25) is 10.0 Å². The minimum Gasteiger partial charge on any atom is -0.370 e. The van der Waals surface area contributed by atoms with Crippen molar-refractivity contribution < 1.29 is 31.1 Å². The number of aromatic nitrogens is 2. The van der Waals surface area contributed by atoms with Gasteiger partial charge in [-0.1, -0.05) is 29.3 Å². The molecule has 2 N–H and O–H groups in total. The van der Waals surface area contributed by atoms with Crippen LogP contribution in [0.15, 0.2) is 30.3 Å². The summed E-state index contributed by atoms with van der Waals surface area (Å²) >= 11 is 12.8. The molecule has 2 fully saturated rings. The van der Waals surface area contributed by atoms with Crippen molar-refractivity contribution in [2.75, 3.05) is 23.3 Å². The zero-order valence-corrected chi connectivity index (χ0v) is 22.7. The van der Waals surface area contributed by atoms with Gasteiger partial charge in [-0.3, -0.25) is 4.79 Å². The summed E-state index contributed by atoms with van der Waals surface area (Å²) in [6.07, 6.45) is -8.87. The number of aryl methyl sites for hydroxylation is 1. The molecule has 1 unspecified atom stereocenters. The Morgan fingerprint density at radius 3 is 2.48 bits per heavy atom. The second-order valence-corrected chi connectivity index (χ2v) is 11.1. The van der Waals surface area contributed by atoms with E-state index in [1.165, 1.54) is 0 Å². The van der Waals surface area contributed by atoms with Crippen LogP contribution in [-0.2, 0) is 18.4 Å². The molecule has 2 aromatic carbocycles. The molecule has 2 heterocycles. The molecule has 1 saturated carbocycles. The zero-order valence-electron chi connectivity index (χ0n) is 21.2. The Morgan fingerprint density at radius 1 is 1.10 bits per heavy atom. The first kappa shape index (κ1) is 28.7. The Hall–Kier alpha value is -2.86. The van der Waals surface area contributed by atoms with Crippen molar-refractivity contribution >= 4 is 57.5 Å². The highest BCUT2D eigenvalue weighted by molar-refractivity contribution is 6.34. The fourth-order valence-electron chi connectivity index (χ4n) is 5.03. The lowest BCUT2D eigenvalue weighted by molar-refractivity contribution is -0.192. The van der Waals surface area contributed by atoms with Gasteiger partial charge in [0.05, 0.1) is 38.4 Å². The highest BCUT2D eigenvalue weighted by Crippen LogP contribution is 2.57. The molecule has 0 radical (unpaired) electrons. The molecule has 1 atom stereocenters. The quantitative estimate of drug-likeness (QED) is 0.287. The third kappa shape index (κ3) is 5.39. The van der Waals surface area contributed by atoms with Crippen LogP contribution in [0.25, 0.3) is 11.0 Å². The van der Waals surface area contributed by atoms with Crippen LogP contribution in [0.1, 0.15) is 31.2 Å². The van der Waals surface area contributed by atoms with E-state index >= 15 is 0 Å². The summed E-state index contributed by atoms with van der Waals surface area (Å²) in [4.78, 5) is 18.4. The van der Waals surface area contributed by atoms with Crippen molar-refractivity contribution in [1.29, 1.82) is 0 Å². The number of benzene rings is 2. The maximum atomic E-state index is 13.4. The number of nitrogens with one attached hydrogen (secondary N) is 2. The van der Waals surface area contributed by atoms with Gasteiger partial charge in [-0.25, -0.2) is 4.98 Å². The van der Waals surface area contributed by atoms with Crippen LogP contribution in [0.3, 0.4) is 0 Å². The molecule has 216 valence electrons. The number of piperidine rings is 1. The topological polar surface area (TPSA) is 62.2 Å². The number of hydrogen-bond donors (Lipinski definition) is 2. The molecular weight excluding hydrogens is 583 g/mol. The summed E-state index contributed by atoms with van der Waals surface area (Å²) in [5.41, 5.74) is 0.226. The maximum Gasteiger partial charge on any atom is 0.403 e. The number of alkyl halides is 6. The second-order valence-electron chi connectivity index (χ2n) is 10.3. The summed E-state index contributed by atoms with van der Waals surface area (Å²) < 4.78 is 81.4. The minimum atomic E-state index is -4.60. The summed E-state index contributed by atoms with van der Waals surface area (Å²) in [6.45, 7) is 0.142. The van der Waals surface area contributed by atoms with E-state index < -0.39 is 29.6 Å². The smallest absolute Gasteiger partial charge is 0.370 e. The van der Waals surface area contributed by atoms with E-state index in [2.05, 4.69) is 15.6 Å². The lowest BCUT2D eigenvalue weighted by atomic mass is 9.97. The molecule has 40 heavy (non-hydrogen) atoms. The molecule has 1 saturated heterocycles. The van der Waals surface area contributed by atoms with Crippen molar-refractivity contribution in [1.82, 2.24) is 14.9 Å². The van der Waals surface area contributed by atoms with Gasteiger partial charge < -0.3 is 20.1 Å². The Bertz CT molecular complexity index is 1450. The minimum absolute atomic E-state index is 0.0757. The molecule has 1 aliphatic heterocycles. The molecular formula is C26H25Cl2F6N5O. The van der Waals surface area contributed by atoms with E-state index in [4.69, 9.17) is 23.2 Å². The van der Waals surface area contributed by atoms with E-state index in [1.54, 1.807) is 46.8 Å². The van der Waals surface area contributed by atoms with Crippen molar-refractivity contribution in [3.63, 3.8) is 0 Å². The highest BCUT2D eigenvalue weighted by Gasteiger charge is 2.68. The molecule has 0 spiro atoms. The van der Waals surface area contributed by atoms with Crippen molar-refractivity contribution in [3.05, 3.63) is 45.9 Å². The van der Waals surface area contributed by atoms with E-state index in [1.807, 2.05) is 0 Å². The lowest BCUT2D eigenvalue weighted by Crippen LogP contribution is -2.41. The fourth-order valence-corrected chi connectivity index (χ4v) is 5.48. The van der Waals surface area contributed by atoms with E-state index in [0.717, 1.165) is 0 Å². The van der Waals surface area contributed by atoms with E-state index in [0.29, 0.717) is 51.9 Å². The predicted octanol–water partition coefficient (Wildman–Crippen LogP) is 7.36. The number of halogens is 8. The first-order chi connectivity index (χ1) is 18.7. The number of fused-ring (bicyclic) bond motifs is 1. The number of carbonyl (C=O) groups is 1. The fraction of sp³-hybridized carbons (Fsp3) is 0.462. The number of nitrogens with zero attached hydrogens (tertiary/aromatic N) is 3. The molecule has 6 nitrogen and oxygen atoms in total. The Morgan fingerprint density at radius 2 is 1.82 bits per heavy atom. The second kappa shape index (κ2) is 10.2. The normalized spacial score (nSPS) is 19.1. The number of carbonyl (C=O) groups excluding carboxylic acids is 1. The molecule has 1 aromatic heterocycles. The molecule has 0 bridgehead atoms. The SMILES string of the molecule is Cn1c(Nc2cc(CNC(=O)C3(C(F)(F)F)CC3)ccc2Cl)nc2cc(Cl)c(N3CCCC(C(F)(F)F)C3)cc21. The summed E-state index contributed by atoms with van der Waals surface area (Å²) in [5, 5.41) is 6.05. The number of hydrogen-bond acceptors (Lipinski definition) is 4. The van der Waals surface area contributed by atoms with Crippen molar-refractivity contribution in [3.8, 4) is 0 Å². The van der Waals surface area contributed by atoms with Gasteiger partial charge in [-0.15, -0.1) is 0 Å². The third-order valence-electron chi connectivity index (χ3n) is 7.63. The first-order valence-electron chi connectivity index (χ1n) is 12.6. The Balaban J connectivity index is 1.35. The van der Waals surface area contributed by atoms with Crippen molar-refractivity contribution in [2.45, 2.75) is 44.6 Å². The number of imidazole rings is 1. The van der Waals surface area contributed by atoms with Crippen LogP contribution in [-0.4, -0.2) is 40.9 Å². The average Bonchev–Trinajstić information content (AvgIpc) is 3.65. The molecule has 3 aromatic rings. The monoisotopic (exact) mass is 607 g/mol. The average molecular weight is 608 g/mol. The van der Waals surface area contributed by atoms with Crippen LogP contribution >= 0.6 is 23.2 Å². The van der Waals surface area contributed by atoms with Gasteiger partial charge in [0.15, 0.2) is 0 Å². The first-order valence-corrected chi connectivity index (χ1v) is 13.3. The van der Waals surface area contributed by atoms with Gasteiger partial charge in [0.25, 0.3) is 0 Å². The summed E-state index contributed by atoms with van der Waals surface area (Å²) in [7, 11) is 1.72. The number of rotatable bonds is 6. The van der Waals surface area contributed by atoms with Crippen LogP contribution in [0.4, 0.5) is 43.7 Å². The zero-order chi connectivity index (χ0) is 29.0. The van der Waals surface area contributed by atoms with Crippen LogP contribution in [0, 0.1) is 11.3 Å². The highest BCUT2D eigenvalue weighted by atomic mass is 35.5. The maximum absolute atomic E-state index is 13.4. The van der Waals surface area contributed by atoms with Gasteiger partial charge >= 0.3 is 12.4 Å². The molecule has 1 amide bonds. The molecule has 14 heteroatoms. The lowest BCUT2D eigenvalue weighted by Gasteiger charge is -2.35. The third-order valence-corrected chi connectivity index (χ3v) is 8.26.